The molecule has 0 atom stereocenters. The predicted octanol–water partition coefficient (Wildman–Crippen LogP) is 3.56. The van der Waals surface area contributed by atoms with Crippen molar-refractivity contribution in [3.05, 3.63) is 54.1 Å². The molecule has 2 saturated heterocycles. The van der Waals surface area contributed by atoms with Gasteiger partial charge in [0.1, 0.15) is 17.9 Å². The van der Waals surface area contributed by atoms with Crippen molar-refractivity contribution in [3.8, 4) is 11.4 Å². The number of ether oxygens (including phenoxy) is 2. The molecule has 0 amide bonds. The third-order valence-corrected chi connectivity index (χ3v) is 6.91. The number of benzene rings is 2. The maximum absolute atomic E-state index is 13.9. The third kappa shape index (κ3) is 4.45. The standard InChI is InChI=1S/C25H29FN6O2/c1-33-24-11-19(26)10-22(13-24)32-16-27-25(29-32)28-20-8-18(17-2-3-17)9-21(12-20)30-4-6-31(7-5-30)23-14-34-15-23/h8-13,16-17,23H,2-7,14-15H2,1H3,(H,28,29). The van der Waals surface area contributed by atoms with Crippen LogP contribution in [0.25, 0.3) is 5.69 Å². The number of rotatable bonds is 7. The fourth-order valence-electron chi connectivity index (χ4n) is 4.69. The molecule has 0 spiro atoms. The van der Waals surface area contributed by atoms with Crippen LogP contribution in [0.5, 0.6) is 5.75 Å². The first-order valence-corrected chi connectivity index (χ1v) is 11.9. The smallest absolute Gasteiger partial charge is 0.246 e. The van der Waals surface area contributed by atoms with Gasteiger partial charge in [-0.2, -0.15) is 4.98 Å². The van der Waals surface area contributed by atoms with Crippen molar-refractivity contribution in [1.82, 2.24) is 19.7 Å². The van der Waals surface area contributed by atoms with Crippen LogP contribution >= 0.6 is 0 Å². The van der Waals surface area contributed by atoms with E-state index in [-0.39, 0.29) is 5.82 Å². The Morgan fingerprint density at radius 1 is 1.00 bits per heavy atom. The number of aromatic nitrogens is 3. The summed E-state index contributed by atoms with van der Waals surface area (Å²) in [4.78, 5) is 9.41. The Morgan fingerprint density at radius 2 is 1.82 bits per heavy atom. The Labute approximate surface area is 198 Å². The molecule has 3 aromatic rings. The Morgan fingerprint density at radius 3 is 2.53 bits per heavy atom. The van der Waals surface area contributed by atoms with Crippen LogP contribution in [0.4, 0.5) is 21.7 Å². The van der Waals surface area contributed by atoms with E-state index in [1.807, 2.05) is 0 Å². The van der Waals surface area contributed by atoms with Gasteiger partial charge in [0.2, 0.25) is 5.95 Å². The lowest BCUT2D eigenvalue weighted by Gasteiger charge is -2.43. The Hall–Kier alpha value is -3.17. The van der Waals surface area contributed by atoms with Gasteiger partial charge in [-0.3, -0.25) is 4.90 Å². The molecule has 9 heteroatoms. The van der Waals surface area contributed by atoms with E-state index in [2.05, 4.69) is 43.4 Å². The molecule has 1 N–H and O–H groups in total. The molecule has 2 aromatic carbocycles. The summed E-state index contributed by atoms with van der Waals surface area (Å²) in [6, 6.07) is 11.8. The van der Waals surface area contributed by atoms with E-state index >= 15 is 0 Å². The Balaban J connectivity index is 1.20. The second-order valence-electron chi connectivity index (χ2n) is 9.29. The zero-order chi connectivity index (χ0) is 23.1. The van der Waals surface area contributed by atoms with Gasteiger partial charge in [0.15, 0.2) is 0 Å². The Bertz CT molecular complexity index is 1170. The number of nitrogens with zero attached hydrogens (tertiary/aromatic N) is 5. The van der Waals surface area contributed by atoms with Crippen molar-refractivity contribution in [2.24, 2.45) is 0 Å². The summed E-state index contributed by atoms with van der Waals surface area (Å²) >= 11 is 0. The average Bonchev–Trinajstić information content (AvgIpc) is 3.57. The predicted molar refractivity (Wildman–Crippen MR) is 128 cm³/mol. The lowest BCUT2D eigenvalue weighted by Crippen LogP contribution is -2.56. The van der Waals surface area contributed by atoms with E-state index in [1.54, 1.807) is 17.1 Å². The second-order valence-corrected chi connectivity index (χ2v) is 9.29. The van der Waals surface area contributed by atoms with Gasteiger partial charge in [-0.25, -0.2) is 9.07 Å². The number of anilines is 3. The SMILES string of the molecule is COc1cc(F)cc(-n2cnc(Nc3cc(C4CC4)cc(N4CCN(C5COC5)CC4)c3)n2)c1. The molecular formula is C25H29FN6O2. The molecular weight excluding hydrogens is 435 g/mol. The summed E-state index contributed by atoms with van der Waals surface area (Å²) in [7, 11) is 1.51. The molecule has 8 nitrogen and oxygen atoms in total. The summed E-state index contributed by atoms with van der Waals surface area (Å²) in [6.45, 7) is 5.89. The highest BCUT2D eigenvalue weighted by Gasteiger charge is 2.30. The molecule has 2 aliphatic heterocycles. The number of hydrogen-bond acceptors (Lipinski definition) is 7. The van der Waals surface area contributed by atoms with Crippen LogP contribution in [-0.4, -0.2) is 72.2 Å². The molecule has 0 radical (unpaired) electrons. The zero-order valence-corrected chi connectivity index (χ0v) is 19.3. The maximum atomic E-state index is 13.9. The van der Waals surface area contributed by atoms with Crippen LogP contribution in [0, 0.1) is 5.82 Å². The molecule has 3 fully saturated rings. The lowest BCUT2D eigenvalue weighted by molar-refractivity contribution is -0.0660. The van der Waals surface area contributed by atoms with E-state index in [0.29, 0.717) is 29.3 Å². The number of piperazine rings is 1. The fourth-order valence-corrected chi connectivity index (χ4v) is 4.69. The van der Waals surface area contributed by atoms with Crippen molar-refractivity contribution in [2.75, 3.05) is 56.7 Å². The van der Waals surface area contributed by atoms with Gasteiger partial charge in [0, 0.05) is 49.7 Å². The minimum absolute atomic E-state index is 0.383. The normalized spacial score (nSPS) is 19.2. The second kappa shape index (κ2) is 8.88. The summed E-state index contributed by atoms with van der Waals surface area (Å²) in [5.41, 5.74) is 4.14. The van der Waals surface area contributed by atoms with E-state index in [9.17, 15) is 4.39 Å². The van der Waals surface area contributed by atoms with E-state index in [0.717, 1.165) is 45.1 Å². The molecule has 0 unspecified atom stereocenters. The van der Waals surface area contributed by atoms with Crippen LogP contribution in [0.2, 0.25) is 0 Å². The quantitative estimate of drug-likeness (QED) is 0.574. The van der Waals surface area contributed by atoms with Crippen molar-refractivity contribution in [3.63, 3.8) is 0 Å². The van der Waals surface area contributed by atoms with Crippen LogP contribution in [0.1, 0.15) is 24.3 Å². The molecule has 1 aromatic heterocycles. The van der Waals surface area contributed by atoms with Crippen LogP contribution in [-0.2, 0) is 4.74 Å². The average molecular weight is 465 g/mol. The van der Waals surface area contributed by atoms with Gasteiger partial charge >= 0.3 is 0 Å². The molecule has 34 heavy (non-hydrogen) atoms. The van der Waals surface area contributed by atoms with Crippen LogP contribution in [0.3, 0.4) is 0 Å². The van der Waals surface area contributed by atoms with Gasteiger partial charge in [-0.15, -0.1) is 5.10 Å². The molecule has 0 bridgehead atoms. The lowest BCUT2D eigenvalue weighted by atomic mass is 10.1. The minimum Gasteiger partial charge on any atom is -0.497 e. The van der Waals surface area contributed by atoms with E-state index < -0.39 is 0 Å². The topological polar surface area (TPSA) is 67.7 Å². The molecule has 3 aliphatic rings. The molecule has 6 rings (SSSR count). The number of hydrogen-bond donors (Lipinski definition) is 1. The fraction of sp³-hybridized carbons (Fsp3) is 0.440. The third-order valence-electron chi connectivity index (χ3n) is 6.91. The molecule has 3 heterocycles. The zero-order valence-electron chi connectivity index (χ0n) is 19.3. The van der Waals surface area contributed by atoms with Gasteiger partial charge in [-0.1, -0.05) is 0 Å². The van der Waals surface area contributed by atoms with Crippen LogP contribution < -0.4 is 15.0 Å². The summed E-state index contributed by atoms with van der Waals surface area (Å²) in [6.07, 6.45) is 4.06. The van der Waals surface area contributed by atoms with Gasteiger partial charge in [-0.05, 0) is 48.6 Å². The van der Waals surface area contributed by atoms with Crippen molar-refractivity contribution in [1.29, 1.82) is 0 Å². The molecule has 1 aliphatic carbocycles. The summed E-state index contributed by atoms with van der Waals surface area (Å²) in [5, 5.41) is 7.87. The highest BCUT2D eigenvalue weighted by atomic mass is 19.1. The Kier molecular flexibility index (Phi) is 5.58. The van der Waals surface area contributed by atoms with E-state index in [1.165, 1.54) is 43.3 Å². The first-order valence-electron chi connectivity index (χ1n) is 11.9. The van der Waals surface area contributed by atoms with Crippen molar-refractivity contribution in [2.45, 2.75) is 24.8 Å². The summed E-state index contributed by atoms with van der Waals surface area (Å²) < 4.78 is 26.0. The van der Waals surface area contributed by atoms with Gasteiger partial charge < -0.3 is 19.7 Å². The largest absolute Gasteiger partial charge is 0.497 e. The highest BCUT2D eigenvalue weighted by molar-refractivity contribution is 5.65. The number of nitrogens with one attached hydrogen (secondary N) is 1. The minimum atomic E-state index is -0.383. The maximum Gasteiger partial charge on any atom is 0.246 e. The van der Waals surface area contributed by atoms with Gasteiger partial charge in [0.25, 0.3) is 0 Å². The number of halogens is 1. The van der Waals surface area contributed by atoms with E-state index in [4.69, 9.17) is 9.47 Å². The summed E-state index contributed by atoms with van der Waals surface area (Å²) in [5.74, 6) is 1.16. The van der Waals surface area contributed by atoms with Gasteiger partial charge in [0.05, 0.1) is 32.1 Å². The monoisotopic (exact) mass is 464 g/mol. The highest BCUT2D eigenvalue weighted by Crippen LogP contribution is 2.42. The molecule has 1 saturated carbocycles. The van der Waals surface area contributed by atoms with Crippen molar-refractivity contribution < 1.29 is 13.9 Å². The molecule has 178 valence electrons. The van der Waals surface area contributed by atoms with Crippen LogP contribution in [0.15, 0.2) is 42.7 Å². The first-order chi connectivity index (χ1) is 16.6. The van der Waals surface area contributed by atoms with Crippen molar-refractivity contribution >= 4 is 17.3 Å². The number of methoxy groups -OCH3 is 1. The first kappa shape index (κ1) is 21.4.